The number of nitrogens with zero attached hydrogens (tertiary/aromatic N) is 2. The first-order chi connectivity index (χ1) is 8.30. The molecule has 0 atom stereocenters. The van der Waals surface area contributed by atoms with Gasteiger partial charge >= 0.3 is 0 Å². The zero-order valence-electron chi connectivity index (χ0n) is 10.4. The SMILES string of the molecule is CC(C)(C)n1c(-c2ccc(O)c(O)c2)n[nH]c1=S. The molecule has 3 N–H and O–H groups in total. The van der Waals surface area contributed by atoms with Crippen molar-refractivity contribution >= 4 is 12.2 Å². The molecule has 0 aliphatic rings. The summed E-state index contributed by atoms with van der Waals surface area (Å²) in [6, 6.07) is 4.57. The molecular weight excluding hydrogens is 250 g/mol. The lowest BCUT2D eigenvalue weighted by atomic mass is 10.1. The summed E-state index contributed by atoms with van der Waals surface area (Å²) in [6.07, 6.45) is 0. The van der Waals surface area contributed by atoms with Crippen LogP contribution in [0.1, 0.15) is 20.8 Å². The fourth-order valence-corrected chi connectivity index (χ4v) is 2.18. The molecule has 0 saturated carbocycles. The average Bonchev–Trinajstić information content (AvgIpc) is 2.64. The third-order valence-corrected chi connectivity index (χ3v) is 2.85. The summed E-state index contributed by atoms with van der Waals surface area (Å²) in [6.45, 7) is 6.05. The minimum absolute atomic E-state index is 0.157. The van der Waals surface area contributed by atoms with E-state index in [0.717, 1.165) is 0 Å². The van der Waals surface area contributed by atoms with Gasteiger partial charge in [0.15, 0.2) is 22.1 Å². The van der Waals surface area contributed by atoms with Crippen molar-refractivity contribution in [2.75, 3.05) is 0 Å². The molecule has 0 fully saturated rings. The van der Waals surface area contributed by atoms with Crippen LogP contribution in [0.15, 0.2) is 18.2 Å². The van der Waals surface area contributed by atoms with Crippen molar-refractivity contribution < 1.29 is 10.2 Å². The van der Waals surface area contributed by atoms with E-state index in [-0.39, 0.29) is 17.0 Å². The molecule has 0 saturated heterocycles. The van der Waals surface area contributed by atoms with Gasteiger partial charge in [0.05, 0.1) is 0 Å². The van der Waals surface area contributed by atoms with Gasteiger partial charge < -0.3 is 10.2 Å². The van der Waals surface area contributed by atoms with Crippen molar-refractivity contribution in [1.82, 2.24) is 14.8 Å². The molecule has 0 aliphatic heterocycles. The fourth-order valence-electron chi connectivity index (χ4n) is 1.78. The number of aromatic hydroxyl groups is 2. The van der Waals surface area contributed by atoms with Gasteiger partial charge in [-0.05, 0) is 51.2 Å². The molecule has 2 rings (SSSR count). The average molecular weight is 265 g/mol. The van der Waals surface area contributed by atoms with Crippen LogP contribution in [0.4, 0.5) is 0 Å². The number of benzene rings is 1. The normalized spacial score (nSPS) is 11.7. The van der Waals surface area contributed by atoms with Gasteiger partial charge in [0.1, 0.15) is 0 Å². The number of hydrogen-bond donors (Lipinski definition) is 3. The van der Waals surface area contributed by atoms with Gasteiger partial charge in [-0.25, -0.2) is 0 Å². The first-order valence-electron chi connectivity index (χ1n) is 5.51. The number of nitrogens with one attached hydrogen (secondary N) is 1. The first-order valence-corrected chi connectivity index (χ1v) is 5.92. The Kier molecular flexibility index (Phi) is 2.90. The lowest BCUT2D eigenvalue weighted by Crippen LogP contribution is -2.22. The van der Waals surface area contributed by atoms with Crippen molar-refractivity contribution in [3.63, 3.8) is 0 Å². The molecule has 1 aromatic heterocycles. The Hall–Kier alpha value is -1.82. The molecule has 6 heteroatoms. The van der Waals surface area contributed by atoms with E-state index in [1.807, 2.05) is 25.3 Å². The summed E-state index contributed by atoms with van der Waals surface area (Å²) in [5, 5.41) is 25.8. The van der Waals surface area contributed by atoms with Crippen LogP contribution in [-0.4, -0.2) is 25.0 Å². The zero-order valence-corrected chi connectivity index (χ0v) is 11.2. The van der Waals surface area contributed by atoms with Gasteiger partial charge in [-0.1, -0.05) is 0 Å². The van der Waals surface area contributed by atoms with Gasteiger partial charge in [-0.3, -0.25) is 9.67 Å². The molecule has 0 amide bonds. The largest absolute Gasteiger partial charge is 0.504 e. The van der Waals surface area contributed by atoms with E-state index >= 15 is 0 Å². The van der Waals surface area contributed by atoms with E-state index in [4.69, 9.17) is 12.2 Å². The summed E-state index contributed by atoms with van der Waals surface area (Å²) in [7, 11) is 0. The van der Waals surface area contributed by atoms with E-state index in [2.05, 4.69) is 10.2 Å². The van der Waals surface area contributed by atoms with Crippen LogP contribution in [0, 0.1) is 4.77 Å². The van der Waals surface area contributed by atoms with Gasteiger partial charge in [0.25, 0.3) is 0 Å². The molecule has 96 valence electrons. The standard InChI is InChI=1S/C12H15N3O2S/c1-12(2,3)15-10(13-14-11(15)18)7-4-5-8(16)9(17)6-7/h4-6,16-17H,1-3H3,(H,14,18). The van der Waals surface area contributed by atoms with E-state index in [9.17, 15) is 10.2 Å². The smallest absolute Gasteiger partial charge is 0.195 e. The molecule has 0 aliphatic carbocycles. The molecule has 5 nitrogen and oxygen atoms in total. The Labute approximate surface area is 110 Å². The predicted octanol–water partition coefficient (Wildman–Crippen LogP) is 2.77. The molecule has 0 unspecified atom stereocenters. The molecule has 1 heterocycles. The number of rotatable bonds is 1. The topological polar surface area (TPSA) is 74.1 Å². The minimum atomic E-state index is -0.229. The van der Waals surface area contributed by atoms with Crippen molar-refractivity contribution in [1.29, 1.82) is 0 Å². The fraction of sp³-hybridized carbons (Fsp3) is 0.333. The van der Waals surface area contributed by atoms with Crippen LogP contribution in [-0.2, 0) is 5.54 Å². The maximum Gasteiger partial charge on any atom is 0.195 e. The van der Waals surface area contributed by atoms with Crippen LogP contribution >= 0.6 is 12.2 Å². The zero-order chi connectivity index (χ0) is 13.5. The first kappa shape index (κ1) is 12.6. The summed E-state index contributed by atoms with van der Waals surface area (Å²) < 4.78 is 2.39. The highest BCUT2D eigenvalue weighted by Gasteiger charge is 2.20. The number of phenols is 2. The number of H-pyrrole nitrogens is 1. The Morgan fingerprint density at radius 2 is 1.89 bits per heavy atom. The number of phenolic OH excluding ortho intramolecular Hbond substituents is 2. The molecule has 0 spiro atoms. The van der Waals surface area contributed by atoms with E-state index in [0.29, 0.717) is 16.2 Å². The maximum absolute atomic E-state index is 9.54. The van der Waals surface area contributed by atoms with Gasteiger partial charge in [-0.15, -0.1) is 0 Å². The molecule has 1 aromatic carbocycles. The van der Waals surface area contributed by atoms with Crippen LogP contribution in [0.3, 0.4) is 0 Å². The van der Waals surface area contributed by atoms with Crippen molar-refractivity contribution in [3.8, 4) is 22.9 Å². The summed E-state index contributed by atoms with van der Waals surface area (Å²) >= 11 is 5.21. The second-order valence-corrected chi connectivity index (χ2v) is 5.45. The quantitative estimate of drug-likeness (QED) is 0.547. The number of aromatic nitrogens is 3. The van der Waals surface area contributed by atoms with Gasteiger partial charge in [0.2, 0.25) is 0 Å². The van der Waals surface area contributed by atoms with Crippen molar-refractivity contribution in [3.05, 3.63) is 23.0 Å². The molecule has 0 bridgehead atoms. The van der Waals surface area contributed by atoms with Gasteiger partial charge in [-0.2, -0.15) is 5.10 Å². The van der Waals surface area contributed by atoms with Crippen molar-refractivity contribution in [2.24, 2.45) is 0 Å². The minimum Gasteiger partial charge on any atom is -0.504 e. The highest BCUT2D eigenvalue weighted by Crippen LogP contribution is 2.31. The van der Waals surface area contributed by atoms with E-state index in [1.54, 1.807) is 6.07 Å². The van der Waals surface area contributed by atoms with Crippen molar-refractivity contribution in [2.45, 2.75) is 26.3 Å². The molecule has 18 heavy (non-hydrogen) atoms. The van der Waals surface area contributed by atoms with Crippen LogP contribution in [0.2, 0.25) is 0 Å². The van der Waals surface area contributed by atoms with E-state index in [1.165, 1.54) is 12.1 Å². The number of hydrogen-bond acceptors (Lipinski definition) is 4. The Morgan fingerprint density at radius 1 is 1.22 bits per heavy atom. The third kappa shape index (κ3) is 2.11. The second-order valence-electron chi connectivity index (χ2n) is 5.06. The lowest BCUT2D eigenvalue weighted by molar-refractivity contribution is 0.394. The van der Waals surface area contributed by atoms with Crippen LogP contribution < -0.4 is 0 Å². The third-order valence-electron chi connectivity index (χ3n) is 2.58. The Bertz CT molecular complexity index is 638. The monoisotopic (exact) mass is 265 g/mol. The summed E-state index contributed by atoms with van der Waals surface area (Å²) in [5.74, 6) is 0.292. The lowest BCUT2D eigenvalue weighted by Gasteiger charge is -2.22. The van der Waals surface area contributed by atoms with Crippen LogP contribution in [0.25, 0.3) is 11.4 Å². The molecular formula is C12H15N3O2S. The van der Waals surface area contributed by atoms with Gasteiger partial charge in [0, 0.05) is 11.1 Å². The maximum atomic E-state index is 9.54. The van der Waals surface area contributed by atoms with Crippen LogP contribution in [0.5, 0.6) is 11.5 Å². The van der Waals surface area contributed by atoms with E-state index < -0.39 is 0 Å². The molecule has 0 radical (unpaired) electrons. The second kappa shape index (κ2) is 4.13. The highest BCUT2D eigenvalue weighted by molar-refractivity contribution is 7.71. The summed E-state index contributed by atoms with van der Waals surface area (Å²) in [4.78, 5) is 0. The number of aromatic amines is 1. The predicted molar refractivity (Wildman–Crippen MR) is 71.2 cm³/mol. The summed E-state index contributed by atoms with van der Waals surface area (Å²) in [5.41, 5.74) is 0.458. The molecule has 2 aromatic rings. The Balaban J connectivity index is 2.65. The highest BCUT2D eigenvalue weighted by atomic mass is 32.1. The Morgan fingerprint density at radius 3 is 2.44 bits per heavy atom.